The molecule has 1 N–H and O–H groups in total. The number of hydrogen-bond acceptors (Lipinski definition) is 8. The van der Waals surface area contributed by atoms with Crippen molar-refractivity contribution in [2.45, 2.75) is 30.0 Å². The van der Waals surface area contributed by atoms with E-state index in [2.05, 4.69) is 4.98 Å². The lowest BCUT2D eigenvalue weighted by molar-refractivity contribution is -0.145. The number of thiazole rings is 1. The van der Waals surface area contributed by atoms with Gasteiger partial charge in [-0.2, -0.15) is 0 Å². The first-order valence-corrected chi connectivity index (χ1v) is 12.8. The predicted molar refractivity (Wildman–Crippen MR) is 132 cm³/mol. The Hall–Kier alpha value is -3.37. The molecule has 0 saturated carbocycles. The monoisotopic (exact) mass is 510 g/mol. The fourth-order valence-corrected chi connectivity index (χ4v) is 7.01. The van der Waals surface area contributed by atoms with Crippen LogP contribution in [0.2, 0.25) is 0 Å². The molecular formula is C25H22N2O6S2. The van der Waals surface area contributed by atoms with Crippen LogP contribution in [0.15, 0.2) is 58.4 Å². The third kappa shape index (κ3) is 4.17. The number of imide groups is 1. The van der Waals surface area contributed by atoms with E-state index in [1.165, 1.54) is 16.7 Å². The zero-order chi connectivity index (χ0) is 24.7. The molecule has 3 heterocycles. The molecule has 2 amide bonds. The Morgan fingerprint density at radius 2 is 1.80 bits per heavy atom. The number of hydrogen-bond donors (Lipinski definition) is 1. The molecule has 10 heteroatoms. The van der Waals surface area contributed by atoms with Gasteiger partial charge >= 0.3 is 10.8 Å². The van der Waals surface area contributed by atoms with Gasteiger partial charge in [-0.3, -0.25) is 14.4 Å². The largest absolute Gasteiger partial charge is 0.482 e. The normalized spacial score (nSPS) is 21.0. The second kappa shape index (κ2) is 9.35. The predicted octanol–water partition coefficient (Wildman–Crippen LogP) is 3.48. The number of para-hydroxylation sites is 1. The maximum atomic E-state index is 13.8. The van der Waals surface area contributed by atoms with Gasteiger partial charge in [-0.25, -0.2) is 9.69 Å². The molecule has 2 aromatic carbocycles. The van der Waals surface area contributed by atoms with E-state index in [-0.39, 0.29) is 29.9 Å². The lowest BCUT2D eigenvalue weighted by atomic mass is 9.82. The molecule has 0 radical (unpaired) electrons. The molecule has 3 aromatic rings. The van der Waals surface area contributed by atoms with Gasteiger partial charge in [-0.1, -0.05) is 59.0 Å². The molecule has 8 nitrogen and oxygen atoms in total. The number of aromatic amines is 1. The third-order valence-corrected chi connectivity index (χ3v) is 8.42. The number of fused-ring (bicyclic) bond motifs is 2. The molecule has 1 fully saturated rings. The van der Waals surface area contributed by atoms with E-state index in [9.17, 15) is 19.2 Å². The summed E-state index contributed by atoms with van der Waals surface area (Å²) in [4.78, 5) is 56.0. The summed E-state index contributed by atoms with van der Waals surface area (Å²) in [7, 11) is 0. The van der Waals surface area contributed by atoms with E-state index in [0.29, 0.717) is 26.9 Å². The van der Waals surface area contributed by atoms with E-state index in [4.69, 9.17) is 9.47 Å². The van der Waals surface area contributed by atoms with E-state index < -0.39 is 23.1 Å². The molecule has 2 aliphatic rings. The van der Waals surface area contributed by atoms with Crippen LogP contribution in [-0.2, 0) is 19.1 Å². The van der Waals surface area contributed by atoms with E-state index >= 15 is 0 Å². The van der Waals surface area contributed by atoms with Gasteiger partial charge in [0.15, 0.2) is 6.61 Å². The Balaban J connectivity index is 1.58. The lowest BCUT2D eigenvalue weighted by Crippen LogP contribution is -2.32. The van der Waals surface area contributed by atoms with Crippen molar-refractivity contribution in [3.05, 3.63) is 74.2 Å². The van der Waals surface area contributed by atoms with Crippen LogP contribution in [0, 0.1) is 12.8 Å². The summed E-state index contributed by atoms with van der Waals surface area (Å²) < 4.78 is 10.8. The Bertz CT molecular complexity index is 1360. The molecule has 3 unspecified atom stereocenters. The van der Waals surface area contributed by atoms with Gasteiger partial charge in [0, 0.05) is 16.4 Å². The van der Waals surface area contributed by atoms with Crippen molar-refractivity contribution in [1.82, 2.24) is 4.98 Å². The highest BCUT2D eigenvalue weighted by Crippen LogP contribution is 2.54. The molecule has 0 bridgehead atoms. The van der Waals surface area contributed by atoms with Crippen molar-refractivity contribution >= 4 is 46.6 Å². The van der Waals surface area contributed by atoms with Gasteiger partial charge in [-0.15, -0.1) is 0 Å². The molecule has 2 aliphatic heterocycles. The number of aromatic nitrogens is 1. The first-order valence-electron chi connectivity index (χ1n) is 11.1. The summed E-state index contributed by atoms with van der Waals surface area (Å²) in [5.41, 5.74) is 2.17. The summed E-state index contributed by atoms with van der Waals surface area (Å²) in [6.45, 7) is 3.59. The lowest BCUT2D eigenvalue weighted by Gasteiger charge is -2.30. The molecular weight excluding hydrogens is 488 g/mol. The molecule has 1 aromatic heterocycles. The third-order valence-electron chi connectivity index (χ3n) is 6.02. The molecule has 5 rings (SSSR count). The van der Waals surface area contributed by atoms with Crippen molar-refractivity contribution in [3.63, 3.8) is 0 Å². The first kappa shape index (κ1) is 23.4. The Kier molecular flexibility index (Phi) is 6.24. The van der Waals surface area contributed by atoms with Crippen LogP contribution >= 0.6 is 23.1 Å². The summed E-state index contributed by atoms with van der Waals surface area (Å²) in [5.74, 6) is -2.08. The Labute approximate surface area is 209 Å². The summed E-state index contributed by atoms with van der Waals surface area (Å²) >= 11 is 2.24. The number of benzene rings is 2. The fraction of sp³-hybridized carbons (Fsp3) is 0.280. The van der Waals surface area contributed by atoms with Crippen LogP contribution in [0.5, 0.6) is 5.75 Å². The fourth-order valence-electron chi connectivity index (χ4n) is 4.51. The number of thioether (sulfide) groups is 1. The van der Waals surface area contributed by atoms with Gasteiger partial charge in [0.1, 0.15) is 11.0 Å². The number of carbonyl (C=O) groups excluding carboxylic acids is 3. The number of carbonyl (C=O) groups is 3. The number of H-pyrrole nitrogens is 1. The van der Waals surface area contributed by atoms with E-state index in [1.54, 1.807) is 43.3 Å². The molecule has 3 atom stereocenters. The van der Waals surface area contributed by atoms with Crippen molar-refractivity contribution in [1.29, 1.82) is 0 Å². The second-order valence-corrected chi connectivity index (χ2v) is 10.4. The number of aryl methyl sites for hydroxylation is 1. The molecule has 180 valence electrons. The number of ether oxygens (including phenoxy) is 2. The zero-order valence-corrected chi connectivity index (χ0v) is 20.6. The topological polar surface area (TPSA) is 106 Å². The molecule has 0 spiro atoms. The smallest absolute Gasteiger partial charge is 0.344 e. The van der Waals surface area contributed by atoms with E-state index in [1.807, 2.05) is 19.1 Å². The summed E-state index contributed by atoms with van der Waals surface area (Å²) in [6, 6.07) is 14.3. The average molecular weight is 511 g/mol. The molecule has 0 aliphatic carbocycles. The number of nitrogens with one attached hydrogen (secondary N) is 1. The van der Waals surface area contributed by atoms with Crippen LogP contribution in [-0.4, -0.2) is 41.2 Å². The SMILES string of the molecule is CCOC(=O)COc1ccccc1C1c2sc(=O)[nH]c2SC2C(=O)N(c3ccc(C)cc3)C(=O)C21. The maximum Gasteiger partial charge on any atom is 0.344 e. The van der Waals surface area contributed by atoms with Crippen molar-refractivity contribution in [2.75, 3.05) is 18.1 Å². The maximum absolute atomic E-state index is 13.8. The highest BCUT2D eigenvalue weighted by molar-refractivity contribution is 8.00. The number of rotatable bonds is 6. The summed E-state index contributed by atoms with van der Waals surface area (Å²) in [6.07, 6.45) is 0. The standard InChI is InChI=1S/C25H22N2O6S2/c1-3-32-17(28)12-33-16-7-5-4-6-15(16)18-19-21(34-22-20(18)35-25(31)26-22)24(30)27(23(19)29)14-10-8-13(2)9-11-14/h4-11,18-19,21H,3,12H2,1-2H3,(H,26,31). The van der Waals surface area contributed by atoms with Crippen LogP contribution < -0.4 is 14.5 Å². The minimum atomic E-state index is -0.736. The summed E-state index contributed by atoms with van der Waals surface area (Å²) in [5, 5.41) is -0.122. The molecule has 1 saturated heterocycles. The zero-order valence-electron chi connectivity index (χ0n) is 19.0. The van der Waals surface area contributed by atoms with Gasteiger partial charge in [0.2, 0.25) is 11.8 Å². The van der Waals surface area contributed by atoms with Crippen molar-refractivity contribution < 1.29 is 23.9 Å². The van der Waals surface area contributed by atoms with Gasteiger partial charge < -0.3 is 14.5 Å². The van der Waals surface area contributed by atoms with Gasteiger partial charge in [0.05, 0.1) is 23.2 Å². The number of anilines is 1. The van der Waals surface area contributed by atoms with Gasteiger partial charge in [0.25, 0.3) is 0 Å². The number of amides is 2. The van der Waals surface area contributed by atoms with Crippen LogP contribution in [0.25, 0.3) is 0 Å². The first-order chi connectivity index (χ1) is 16.9. The number of esters is 1. The average Bonchev–Trinajstić information content (AvgIpc) is 3.33. The second-order valence-electron chi connectivity index (χ2n) is 8.23. The van der Waals surface area contributed by atoms with Crippen molar-refractivity contribution in [2.24, 2.45) is 5.92 Å². The minimum Gasteiger partial charge on any atom is -0.482 e. The van der Waals surface area contributed by atoms with Crippen LogP contribution in [0.1, 0.15) is 28.8 Å². The quantitative estimate of drug-likeness (QED) is 0.400. The van der Waals surface area contributed by atoms with E-state index in [0.717, 1.165) is 16.9 Å². The Morgan fingerprint density at radius 1 is 1.06 bits per heavy atom. The van der Waals surface area contributed by atoms with Crippen molar-refractivity contribution in [3.8, 4) is 5.75 Å². The highest BCUT2D eigenvalue weighted by atomic mass is 32.2. The highest BCUT2D eigenvalue weighted by Gasteiger charge is 2.56. The molecule has 35 heavy (non-hydrogen) atoms. The number of nitrogens with zero attached hydrogens (tertiary/aromatic N) is 1. The van der Waals surface area contributed by atoms with Gasteiger partial charge in [-0.05, 0) is 32.0 Å². The Morgan fingerprint density at radius 3 is 2.54 bits per heavy atom. The van der Waals surface area contributed by atoms with Crippen LogP contribution in [0.4, 0.5) is 5.69 Å². The minimum absolute atomic E-state index is 0.236. The van der Waals surface area contributed by atoms with Crippen LogP contribution in [0.3, 0.4) is 0 Å².